The lowest BCUT2D eigenvalue weighted by molar-refractivity contribution is 0.816. The Morgan fingerprint density at radius 2 is 1.92 bits per heavy atom. The van der Waals surface area contributed by atoms with Crippen LogP contribution in [-0.4, -0.2) is 0 Å². The van der Waals surface area contributed by atoms with Crippen LogP contribution in [0.25, 0.3) is 0 Å². The molecule has 0 amide bonds. The first kappa shape index (κ1) is 8.55. The summed E-state index contributed by atoms with van der Waals surface area (Å²) < 4.78 is 0. The van der Waals surface area contributed by atoms with Gasteiger partial charge in [0.2, 0.25) is 0 Å². The zero-order valence-corrected chi connectivity index (χ0v) is 8.43. The molecule has 0 bridgehead atoms. The van der Waals surface area contributed by atoms with E-state index >= 15 is 0 Å². The zero-order chi connectivity index (χ0) is 9.47. The van der Waals surface area contributed by atoms with Gasteiger partial charge in [-0.05, 0) is 37.8 Å². The lowest BCUT2D eigenvalue weighted by Gasteiger charge is -2.17. The van der Waals surface area contributed by atoms with Crippen LogP contribution in [0.4, 0.5) is 0 Å². The second-order valence-corrected chi connectivity index (χ2v) is 4.18. The minimum atomic E-state index is 0.339. The van der Waals surface area contributed by atoms with Gasteiger partial charge >= 0.3 is 0 Å². The van der Waals surface area contributed by atoms with E-state index in [9.17, 15) is 0 Å². The molecule has 0 nitrogen and oxygen atoms in total. The first-order valence-electron chi connectivity index (χ1n) is 4.89. The molecule has 0 spiro atoms. The molecule has 0 saturated heterocycles. The molecule has 2 rings (SSSR count). The van der Waals surface area contributed by atoms with E-state index in [1.165, 1.54) is 29.5 Å². The average molecular weight is 172 g/mol. The highest BCUT2D eigenvalue weighted by Crippen LogP contribution is 2.53. The maximum absolute atomic E-state index is 4.11. The molecular formula is C13H16. The van der Waals surface area contributed by atoms with Crippen LogP contribution in [0.5, 0.6) is 0 Å². The zero-order valence-electron chi connectivity index (χ0n) is 8.43. The van der Waals surface area contributed by atoms with Crippen molar-refractivity contribution in [2.75, 3.05) is 0 Å². The first-order chi connectivity index (χ1) is 6.17. The lowest BCUT2D eigenvalue weighted by atomic mass is 9.87. The molecule has 0 atom stereocenters. The van der Waals surface area contributed by atoms with Gasteiger partial charge in [-0.2, -0.15) is 0 Å². The third-order valence-electron chi connectivity index (χ3n) is 3.23. The van der Waals surface area contributed by atoms with Crippen molar-refractivity contribution in [1.29, 1.82) is 0 Å². The maximum Gasteiger partial charge on any atom is 0.0159 e. The van der Waals surface area contributed by atoms with Crippen molar-refractivity contribution in [2.45, 2.75) is 32.1 Å². The van der Waals surface area contributed by atoms with Gasteiger partial charge in [-0.25, -0.2) is 0 Å². The quantitative estimate of drug-likeness (QED) is 0.598. The van der Waals surface area contributed by atoms with Gasteiger partial charge in [-0.1, -0.05) is 36.4 Å². The van der Waals surface area contributed by atoms with Crippen LogP contribution in [0.1, 0.15) is 30.9 Å². The predicted octanol–water partition coefficient (Wildman–Crippen LogP) is 3.60. The molecule has 1 aliphatic rings. The highest BCUT2D eigenvalue weighted by molar-refractivity contribution is 5.44. The third kappa shape index (κ3) is 1.21. The molecule has 0 heteroatoms. The van der Waals surface area contributed by atoms with Crippen LogP contribution in [0.2, 0.25) is 0 Å². The van der Waals surface area contributed by atoms with E-state index in [-0.39, 0.29) is 0 Å². The monoisotopic (exact) mass is 172 g/mol. The molecule has 0 radical (unpaired) electrons. The SMILES string of the molecule is C=C(C)C1(c2ccccc2C)CC1. The average Bonchev–Trinajstić information content (AvgIpc) is 2.85. The Morgan fingerprint density at radius 3 is 2.38 bits per heavy atom. The van der Waals surface area contributed by atoms with Crippen molar-refractivity contribution in [3.8, 4) is 0 Å². The summed E-state index contributed by atoms with van der Waals surface area (Å²) >= 11 is 0. The summed E-state index contributed by atoms with van der Waals surface area (Å²) in [7, 11) is 0. The number of rotatable bonds is 2. The Kier molecular flexibility index (Phi) is 1.80. The Bertz CT molecular complexity index is 343. The molecule has 1 aliphatic carbocycles. The molecule has 0 N–H and O–H groups in total. The van der Waals surface area contributed by atoms with Gasteiger partial charge < -0.3 is 0 Å². The Hall–Kier alpha value is -1.04. The smallest absolute Gasteiger partial charge is 0.0159 e. The van der Waals surface area contributed by atoms with E-state index in [2.05, 4.69) is 44.7 Å². The number of allylic oxidation sites excluding steroid dienone is 1. The standard InChI is InChI=1S/C13H16/c1-10(2)13(8-9-13)12-7-5-4-6-11(12)3/h4-7H,1,8-9H2,2-3H3. The topological polar surface area (TPSA) is 0 Å². The Labute approximate surface area is 80.3 Å². The summed E-state index contributed by atoms with van der Waals surface area (Å²) in [5, 5.41) is 0. The van der Waals surface area contributed by atoms with E-state index in [4.69, 9.17) is 0 Å². The predicted molar refractivity (Wildman–Crippen MR) is 56.9 cm³/mol. The fourth-order valence-electron chi connectivity index (χ4n) is 2.16. The molecule has 0 heterocycles. The van der Waals surface area contributed by atoms with Crippen LogP contribution in [-0.2, 0) is 5.41 Å². The summed E-state index contributed by atoms with van der Waals surface area (Å²) in [5.41, 5.74) is 4.55. The van der Waals surface area contributed by atoms with E-state index in [1.54, 1.807) is 0 Å². The second-order valence-electron chi connectivity index (χ2n) is 4.18. The van der Waals surface area contributed by atoms with Crippen LogP contribution < -0.4 is 0 Å². The van der Waals surface area contributed by atoms with E-state index in [1.807, 2.05) is 0 Å². The van der Waals surface area contributed by atoms with E-state index in [0.29, 0.717) is 5.41 Å². The van der Waals surface area contributed by atoms with Gasteiger partial charge in [-0.15, -0.1) is 0 Å². The van der Waals surface area contributed by atoms with Gasteiger partial charge in [0.15, 0.2) is 0 Å². The fourth-order valence-corrected chi connectivity index (χ4v) is 2.16. The van der Waals surface area contributed by atoms with Gasteiger partial charge in [0.05, 0.1) is 0 Å². The number of aryl methyl sites for hydroxylation is 1. The summed E-state index contributed by atoms with van der Waals surface area (Å²) in [6.07, 6.45) is 2.57. The van der Waals surface area contributed by atoms with Crippen LogP contribution in [0.3, 0.4) is 0 Å². The summed E-state index contributed by atoms with van der Waals surface area (Å²) in [5.74, 6) is 0. The number of hydrogen-bond acceptors (Lipinski definition) is 0. The molecule has 1 aromatic rings. The minimum Gasteiger partial charge on any atom is -0.0992 e. The Balaban J connectivity index is 2.47. The molecule has 13 heavy (non-hydrogen) atoms. The van der Waals surface area contributed by atoms with Crippen molar-refractivity contribution in [2.24, 2.45) is 0 Å². The second kappa shape index (κ2) is 2.73. The molecule has 1 aromatic carbocycles. The van der Waals surface area contributed by atoms with Crippen LogP contribution >= 0.6 is 0 Å². The highest BCUT2D eigenvalue weighted by Gasteiger charge is 2.45. The minimum absolute atomic E-state index is 0.339. The van der Waals surface area contributed by atoms with Crippen molar-refractivity contribution < 1.29 is 0 Å². The normalized spacial score (nSPS) is 18.3. The summed E-state index contributed by atoms with van der Waals surface area (Å²) in [6.45, 7) is 8.45. The van der Waals surface area contributed by atoms with Crippen molar-refractivity contribution in [3.63, 3.8) is 0 Å². The largest absolute Gasteiger partial charge is 0.0992 e. The first-order valence-corrected chi connectivity index (χ1v) is 4.89. The van der Waals surface area contributed by atoms with Gasteiger partial charge in [0.1, 0.15) is 0 Å². The molecule has 1 fully saturated rings. The maximum atomic E-state index is 4.11. The molecule has 68 valence electrons. The number of benzene rings is 1. The van der Waals surface area contributed by atoms with Gasteiger partial charge in [0.25, 0.3) is 0 Å². The summed E-state index contributed by atoms with van der Waals surface area (Å²) in [4.78, 5) is 0. The van der Waals surface area contributed by atoms with E-state index < -0.39 is 0 Å². The number of hydrogen-bond donors (Lipinski definition) is 0. The highest BCUT2D eigenvalue weighted by atomic mass is 14.5. The van der Waals surface area contributed by atoms with Gasteiger partial charge in [0, 0.05) is 5.41 Å². The fraction of sp³-hybridized carbons (Fsp3) is 0.385. The van der Waals surface area contributed by atoms with Crippen molar-refractivity contribution >= 4 is 0 Å². The van der Waals surface area contributed by atoms with E-state index in [0.717, 1.165) is 0 Å². The van der Waals surface area contributed by atoms with Crippen molar-refractivity contribution in [3.05, 3.63) is 47.5 Å². The Morgan fingerprint density at radius 1 is 1.31 bits per heavy atom. The molecule has 0 unspecified atom stereocenters. The third-order valence-corrected chi connectivity index (χ3v) is 3.23. The van der Waals surface area contributed by atoms with Crippen molar-refractivity contribution in [1.82, 2.24) is 0 Å². The molecule has 0 aliphatic heterocycles. The lowest BCUT2D eigenvalue weighted by Crippen LogP contribution is -2.08. The summed E-state index contributed by atoms with van der Waals surface area (Å²) in [6, 6.07) is 8.67. The molecule has 0 aromatic heterocycles. The molecule has 1 saturated carbocycles. The molecular weight excluding hydrogens is 156 g/mol. The van der Waals surface area contributed by atoms with Gasteiger partial charge in [-0.3, -0.25) is 0 Å². The van der Waals surface area contributed by atoms with Crippen LogP contribution in [0, 0.1) is 6.92 Å². The van der Waals surface area contributed by atoms with Crippen LogP contribution in [0.15, 0.2) is 36.4 Å².